The molecule has 1 aliphatic rings. The third-order valence-electron chi connectivity index (χ3n) is 3.64. The largest absolute Gasteiger partial charge is 0.390 e. The summed E-state index contributed by atoms with van der Waals surface area (Å²) in [7, 11) is 0. The van der Waals surface area contributed by atoms with Gasteiger partial charge in [0.05, 0.1) is 11.7 Å². The van der Waals surface area contributed by atoms with E-state index in [1.807, 2.05) is 25.3 Å². The monoisotopic (exact) mass is 235 g/mol. The van der Waals surface area contributed by atoms with Crippen LogP contribution < -0.4 is 0 Å². The molecule has 1 unspecified atom stereocenters. The standard InChI is InChI=1S/C14H21NO2/c1-2-17-14(7-3-4-8-14)13(16)10-12-6-5-9-15-11-12/h5-6,9,11,13,16H,2-4,7-8,10H2,1H3. The molecule has 1 aliphatic carbocycles. The second-order valence-corrected chi connectivity index (χ2v) is 4.79. The zero-order chi connectivity index (χ0) is 12.1. The molecule has 1 fully saturated rings. The summed E-state index contributed by atoms with van der Waals surface area (Å²) in [6, 6.07) is 3.91. The van der Waals surface area contributed by atoms with Crippen molar-refractivity contribution in [2.24, 2.45) is 0 Å². The van der Waals surface area contributed by atoms with Crippen molar-refractivity contribution in [2.75, 3.05) is 6.61 Å². The van der Waals surface area contributed by atoms with Crippen LogP contribution in [0.1, 0.15) is 38.2 Å². The van der Waals surface area contributed by atoms with Crippen LogP contribution in [0.15, 0.2) is 24.5 Å². The molecule has 1 heterocycles. The normalized spacial score (nSPS) is 20.4. The average Bonchev–Trinajstić information content (AvgIpc) is 2.81. The quantitative estimate of drug-likeness (QED) is 0.851. The summed E-state index contributed by atoms with van der Waals surface area (Å²) in [6.45, 7) is 2.67. The first kappa shape index (κ1) is 12.5. The summed E-state index contributed by atoms with van der Waals surface area (Å²) >= 11 is 0. The van der Waals surface area contributed by atoms with E-state index in [4.69, 9.17) is 4.74 Å². The Morgan fingerprint density at radius 3 is 2.82 bits per heavy atom. The average molecular weight is 235 g/mol. The number of ether oxygens (including phenoxy) is 1. The molecular formula is C14H21NO2. The Morgan fingerprint density at radius 2 is 2.24 bits per heavy atom. The minimum atomic E-state index is -0.422. The molecule has 0 aliphatic heterocycles. The lowest BCUT2D eigenvalue weighted by Gasteiger charge is -2.34. The molecule has 94 valence electrons. The summed E-state index contributed by atoms with van der Waals surface area (Å²) in [5.74, 6) is 0. The third-order valence-corrected chi connectivity index (χ3v) is 3.64. The molecule has 0 spiro atoms. The van der Waals surface area contributed by atoms with E-state index in [9.17, 15) is 5.11 Å². The van der Waals surface area contributed by atoms with E-state index in [1.165, 1.54) is 0 Å². The lowest BCUT2D eigenvalue weighted by Crippen LogP contribution is -2.43. The van der Waals surface area contributed by atoms with Crippen LogP contribution in [0.4, 0.5) is 0 Å². The minimum absolute atomic E-state index is 0.315. The van der Waals surface area contributed by atoms with E-state index < -0.39 is 6.10 Å². The Labute approximate surface area is 103 Å². The molecule has 0 radical (unpaired) electrons. The number of aliphatic hydroxyl groups excluding tert-OH is 1. The van der Waals surface area contributed by atoms with Crippen molar-refractivity contribution < 1.29 is 9.84 Å². The first-order chi connectivity index (χ1) is 8.27. The highest BCUT2D eigenvalue weighted by molar-refractivity contribution is 5.11. The number of pyridine rings is 1. The molecule has 3 heteroatoms. The first-order valence-corrected chi connectivity index (χ1v) is 6.48. The Balaban J connectivity index is 2.04. The van der Waals surface area contributed by atoms with Crippen LogP contribution >= 0.6 is 0 Å². The zero-order valence-electron chi connectivity index (χ0n) is 10.4. The van der Waals surface area contributed by atoms with E-state index >= 15 is 0 Å². The van der Waals surface area contributed by atoms with Crippen molar-refractivity contribution in [1.82, 2.24) is 4.98 Å². The fourth-order valence-electron chi connectivity index (χ4n) is 2.76. The highest BCUT2D eigenvalue weighted by atomic mass is 16.5. The van der Waals surface area contributed by atoms with Crippen LogP contribution in [0.3, 0.4) is 0 Å². The molecule has 0 aromatic carbocycles. The first-order valence-electron chi connectivity index (χ1n) is 6.48. The number of aliphatic hydroxyl groups is 1. The number of aromatic nitrogens is 1. The molecule has 0 saturated heterocycles. The van der Waals surface area contributed by atoms with Gasteiger partial charge < -0.3 is 9.84 Å². The van der Waals surface area contributed by atoms with E-state index in [0.717, 1.165) is 31.2 Å². The van der Waals surface area contributed by atoms with Gasteiger partial charge in [-0.1, -0.05) is 18.9 Å². The Kier molecular flexibility index (Phi) is 4.13. The van der Waals surface area contributed by atoms with E-state index in [-0.39, 0.29) is 5.60 Å². The second kappa shape index (κ2) is 5.61. The second-order valence-electron chi connectivity index (χ2n) is 4.79. The lowest BCUT2D eigenvalue weighted by molar-refractivity contribution is -0.115. The molecule has 1 N–H and O–H groups in total. The molecule has 1 aromatic heterocycles. The summed E-state index contributed by atoms with van der Waals surface area (Å²) in [4.78, 5) is 4.08. The van der Waals surface area contributed by atoms with E-state index in [0.29, 0.717) is 13.0 Å². The van der Waals surface area contributed by atoms with E-state index in [2.05, 4.69) is 4.98 Å². The maximum absolute atomic E-state index is 10.4. The van der Waals surface area contributed by atoms with Gasteiger partial charge >= 0.3 is 0 Å². The Morgan fingerprint density at radius 1 is 1.47 bits per heavy atom. The Hall–Kier alpha value is -0.930. The fraction of sp³-hybridized carbons (Fsp3) is 0.643. The summed E-state index contributed by atoms with van der Waals surface area (Å²) in [6.07, 6.45) is 8.04. The van der Waals surface area contributed by atoms with Crippen LogP contribution in [-0.4, -0.2) is 28.4 Å². The van der Waals surface area contributed by atoms with Crippen molar-refractivity contribution in [2.45, 2.75) is 50.7 Å². The molecule has 0 amide bonds. The van der Waals surface area contributed by atoms with Crippen molar-refractivity contribution in [3.63, 3.8) is 0 Å². The predicted octanol–water partition coefficient (Wildman–Crippen LogP) is 2.33. The molecule has 1 saturated carbocycles. The molecule has 1 aromatic rings. The minimum Gasteiger partial charge on any atom is -0.390 e. The zero-order valence-corrected chi connectivity index (χ0v) is 10.4. The summed E-state index contributed by atoms with van der Waals surface area (Å²) in [5.41, 5.74) is 0.760. The van der Waals surface area contributed by atoms with Gasteiger partial charge in [-0.25, -0.2) is 0 Å². The maximum Gasteiger partial charge on any atom is 0.0943 e. The Bertz CT molecular complexity index is 333. The van der Waals surface area contributed by atoms with Gasteiger partial charge in [0, 0.05) is 25.4 Å². The van der Waals surface area contributed by atoms with Crippen LogP contribution in [-0.2, 0) is 11.2 Å². The number of hydrogen-bond acceptors (Lipinski definition) is 3. The van der Waals surface area contributed by atoms with Crippen LogP contribution in [0.2, 0.25) is 0 Å². The number of nitrogens with zero attached hydrogens (tertiary/aromatic N) is 1. The van der Waals surface area contributed by atoms with Crippen molar-refractivity contribution in [1.29, 1.82) is 0 Å². The van der Waals surface area contributed by atoms with Crippen molar-refractivity contribution >= 4 is 0 Å². The highest BCUT2D eigenvalue weighted by Crippen LogP contribution is 2.37. The van der Waals surface area contributed by atoms with Gasteiger partial charge in [0.2, 0.25) is 0 Å². The number of rotatable bonds is 5. The SMILES string of the molecule is CCOC1(C(O)Cc2cccnc2)CCCC1. The molecule has 2 rings (SSSR count). The van der Waals surface area contributed by atoms with Gasteiger partial charge in [-0.05, 0) is 31.4 Å². The maximum atomic E-state index is 10.4. The van der Waals surface area contributed by atoms with Gasteiger partial charge in [0.1, 0.15) is 0 Å². The highest BCUT2D eigenvalue weighted by Gasteiger charge is 2.41. The van der Waals surface area contributed by atoms with Gasteiger partial charge in [0.15, 0.2) is 0 Å². The summed E-state index contributed by atoms with van der Waals surface area (Å²) in [5, 5.41) is 10.4. The predicted molar refractivity (Wildman–Crippen MR) is 66.8 cm³/mol. The van der Waals surface area contributed by atoms with Gasteiger partial charge in [-0.2, -0.15) is 0 Å². The summed E-state index contributed by atoms with van der Waals surface area (Å²) < 4.78 is 5.85. The molecule has 0 bridgehead atoms. The van der Waals surface area contributed by atoms with Crippen LogP contribution in [0, 0.1) is 0 Å². The fourth-order valence-corrected chi connectivity index (χ4v) is 2.76. The van der Waals surface area contributed by atoms with E-state index in [1.54, 1.807) is 6.20 Å². The molecular weight excluding hydrogens is 214 g/mol. The smallest absolute Gasteiger partial charge is 0.0943 e. The lowest BCUT2D eigenvalue weighted by atomic mass is 9.90. The van der Waals surface area contributed by atoms with Crippen molar-refractivity contribution in [3.8, 4) is 0 Å². The molecule has 1 atom stereocenters. The van der Waals surface area contributed by atoms with Gasteiger partial charge in [-0.15, -0.1) is 0 Å². The third kappa shape index (κ3) is 2.85. The number of hydrogen-bond donors (Lipinski definition) is 1. The molecule has 3 nitrogen and oxygen atoms in total. The van der Waals surface area contributed by atoms with Crippen molar-refractivity contribution in [3.05, 3.63) is 30.1 Å². The van der Waals surface area contributed by atoms with Gasteiger partial charge in [0.25, 0.3) is 0 Å². The van der Waals surface area contributed by atoms with Crippen LogP contribution in [0.25, 0.3) is 0 Å². The topological polar surface area (TPSA) is 42.4 Å². The van der Waals surface area contributed by atoms with Gasteiger partial charge in [-0.3, -0.25) is 4.98 Å². The molecule has 17 heavy (non-hydrogen) atoms. The van der Waals surface area contributed by atoms with Crippen LogP contribution in [0.5, 0.6) is 0 Å².